The standard InChI is InChI=1S/C20H23N3O2S/c1-16-7-5-6-10-18(16)26-15-19(24)22-11-13-23(14-12-22)20(25)21-17-8-3-2-4-9-17/h2-10H,11-15H2,1H3,(H,21,25). The minimum absolute atomic E-state index is 0.113. The SMILES string of the molecule is Cc1ccccc1SCC(=O)N1CCN(C(=O)Nc2ccccc2)CC1. The van der Waals surface area contributed by atoms with Gasteiger partial charge < -0.3 is 15.1 Å². The van der Waals surface area contributed by atoms with Crippen molar-refractivity contribution in [2.24, 2.45) is 0 Å². The summed E-state index contributed by atoms with van der Waals surface area (Å²) in [4.78, 5) is 29.5. The molecule has 0 aromatic heterocycles. The van der Waals surface area contributed by atoms with E-state index in [1.807, 2.05) is 53.4 Å². The molecule has 0 aliphatic carbocycles. The van der Waals surface area contributed by atoms with E-state index in [9.17, 15) is 9.59 Å². The lowest BCUT2D eigenvalue weighted by Gasteiger charge is -2.34. The zero-order valence-corrected chi connectivity index (χ0v) is 15.7. The van der Waals surface area contributed by atoms with Gasteiger partial charge in [0, 0.05) is 36.8 Å². The monoisotopic (exact) mass is 369 g/mol. The van der Waals surface area contributed by atoms with Crippen LogP contribution in [-0.4, -0.2) is 53.7 Å². The lowest BCUT2D eigenvalue weighted by Crippen LogP contribution is -2.52. The number of hydrogen-bond acceptors (Lipinski definition) is 3. The van der Waals surface area contributed by atoms with E-state index in [-0.39, 0.29) is 11.9 Å². The van der Waals surface area contributed by atoms with Gasteiger partial charge in [0.15, 0.2) is 0 Å². The number of para-hydroxylation sites is 1. The van der Waals surface area contributed by atoms with Crippen LogP contribution in [0.3, 0.4) is 0 Å². The zero-order chi connectivity index (χ0) is 18.4. The van der Waals surface area contributed by atoms with Crippen molar-refractivity contribution in [1.29, 1.82) is 0 Å². The molecular weight excluding hydrogens is 346 g/mol. The molecule has 1 heterocycles. The Kier molecular flexibility index (Phi) is 6.17. The summed E-state index contributed by atoms with van der Waals surface area (Å²) in [5, 5.41) is 2.89. The summed E-state index contributed by atoms with van der Waals surface area (Å²) in [5.74, 6) is 0.558. The number of benzene rings is 2. The number of nitrogens with one attached hydrogen (secondary N) is 1. The van der Waals surface area contributed by atoms with Crippen molar-refractivity contribution in [3.8, 4) is 0 Å². The van der Waals surface area contributed by atoms with Crippen LogP contribution >= 0.6 is 11.8 Å². The molecule has 1 aliphatic heterocycles. The number of rotatable bonds is 4. The molecule has 136 valence electrons. The number of nitrogens with zero attached hydrogens (tertiary/aromatic N) is 2. The molecule has 1 fully saturated rings. The molecule has 3 amide bonds. The van der Waals surface area contributed by atoms with Crippen LogP contribution in [0.2, 0.25) is 0 Å². The van der Waals surface area contributed by atoms with Gasteiger partial charge in [-0.05, 0) is 30.7 Å². The molecule has 1 aliphatic rings. The van der Waals surface area contributed by atoms with Gasteiger partial charge in [0.25, 0.3) is 0 Å². The van der Waals surface area contributed by atoms with Gasteiger partial charge in [-0.25, -0.2) is 4.79 Å². The van der Waals surface area contributed by atoms with Gasteiger partial charge in [0.2, 0.25) is 5.91 Å². The van der Waals surface area contributed by atoms with Crippen molar-refractivity contribution in [3.05, 3.63) is 60.2 Å². The Bertz CT molecular complexity index is 759. The second kappa shape index (κ2) is 8.76. The van der Waals surface area contributed by atoms with Gasteiger partial charge in [0.05, 0.1) is 5.75 Å². The third kappa shape index (κ3) is 4.79. The Balaban J connectivity index is 1.45. The Morgan fingerprint density at radius 3 is 2.23 bits per heavy atom. The van der Waals surface area contributed by atoms with Crippen molar-refractivity contribution in [2.75, 3.05) is 37.2 Å². The number of carbonyl (C=O) groups excluding carboxylic acids is 2. The fraction of sp³-hybridized carbons (Fsp3) is 0.300. The summed E-state index contributed by atoms with van der Waals surface area (Å²) < 4.78 is 0. The Labute approximate surface area is 158 Å². The van der Waals surface area contributed by atoms with Crippen LogP contribution in [-0.2, 0) is 4.79 Å². The lowest BCUT2D eigenvalue weighted by atomic mass is 10.2. The fourth-order valence-electron chi connectivity index (χ4n) is 2.83. The first-order chi connectivity index (χ1) is 12.6. The highest BCUT2D eigenvalue weighted by atomic mass is 32.2. The maximum Gasteiger partial charge on any atom is 0.321 e. The van der Waals surface area contributed by atoms with E-state index in [0.717, 1.165) is 10.6 Å². The molecule has 0 saturated carbocycles. The van der Waals surface area contributed by atoms with Gasteiger partial charge in [-0.3, -0.25) is 4.79 Å². The van der Waals surface area contributed by atoms with Gasteiger partial charge in [0.1, 0.15) is 0 Å². The molecule has 0 atom stereocenters. The molecule has 5 nitrogen and oxygen atoms in total. The first-order valence-electron chi connectivity index (χ1n) is 8.70. The second-order valence-electron chi connectivity index (χ2n) is 6.22. The third-order valence-corrected chi connectivity index (χ3v) is 5.55. The molecular formula is C20H23N3O2S. The normalized spacial score (nSPS) is 14.2. The van der Waals surface area contributed by atoms with E-state index >= 15 is 0 Å². The number of thioether (sulfide) groups is 1. The van der Waals surface area contributed by atoms with Crippen LogP contribution in [0.15, 0.2) is 59.5 Å². The van der Waals surface area contributed by atoms with Gasteiger partial charge in [-0.2, -0.15) is 0 Å². The summed E-state index contributed by atoms with van der Waals surface area (Å²) in [6.45, 7) is 4.32. The Hall–Kier alpha value is -2.47. The summed E-state index contributed by atoms with van der Waals surface area (Å²) in [6, 6.07) is 17.4. The second-order valence-corrected chi connectivity index (χ2v) is 7.24. The Morgan fingerprint density at radius 2 is 1.54 bits per heavy atom. The highest BCUT2D eigenvalue weighted by molar-refractivity contribution is 8.00. The van der Waals surface area contributed by atoms with E-state index in [4.69, 9.17) is 0 Å². The summed E-state index contributed by atoms with van der Waals surface area (Å²) in [5.41, 5.74) is 1.97. The predicted octanol–water partition coefficient (Wildman–Crippen LogP) is 3.46. The van der Waals surface area contributed by atoms with E-state index < -0.39 is 0 Å². The molecule has 2 aromatic rings. The average molecular weight is 369 g/mol. The number of aryl methyl sites for hydroxylation is 1. The largest absolute Gasteiger partial charge is 0.338 e. The Morgan fingerprint density at radius 1 is 0.923 bits per heavy atom. The van der Waals surface area contributed by atoms with Crippen LogP contribution in [0.5, 0.6) is 0 Å². The third-order valence-electron chi connectivity index (χ3n) is 4.39. The highest BCUT2D eigenvalue weighted by Gasteiger charge is 2.24. The van der Waals surface area contributed by atoms with Crippen LogP contribution in [0, 0.1) is 6.92 Å². The molecule has 0 unspecified atom stereocenters. The maximum absolute atomic E-state index is 12.4. The van der Waals surface area contributed by atoms with Gasteiger partial charge in [-0.1, -0.05) is 36.4 Å². The maximum atomic E-state index is 12.4. The molecule has 1 saturated heterocycles. The average Bonchev–Trinajstić information content (AvgIpc) is 2.68. The molecule has 0 bridgehead atoms. The first-order valence-corrected chi connectivity index (χ1v) is 9.69. The number of amides is 3. The summed E-state index contributed by atoms with van der Waals surface area (Å²) in [6.07, 6.45) is 0. The van der Waals surface area contributed by atoms with E-state index in [1.54, 1.807) is 16.7 Å². The molecule has 6 heteroatoms. The van der Waals surface area contributed by atoms with Crippen molar-refractivity contribution < 1.29 is 9.59 Å². The van der Waals surface area contributed by atoms with Crippen LogP contribution < -0.4 is 5.32 Å². The minimum atomic E-state index is -0.113. The van der Waals surface area contributed by atoms with E-state index in [2.05, 4.69) is 18.3 Å². The lowest BCUT2D eigenvalue weighted by molar-refractivity contribution is -0.129. The van der Waals surface area contributed by atoms with Gasteiger partial charge in [-0.15, -0.1) is 11.8 Å². The summed E-state index contributed by atoms with van der Waals surface area (Å²) >= 11 is 1.57. The predicted molar refractivity (Wildman–Crippen MR) is 106 cm³/mol. The van der Waals surface area contributed by atoms with Gasteiger partial charge >= 0.3 is 6.03 Å². The van der Waals surface area contributed by atoms with Crippen molar-refractivity contribution in [2.45, 2.75) is 11.8 Å². The van der Waals surface area contributed by atoms with Crippen molar-refractivity contribution in [1.82, 2.24) is 9.80 Å². The minimum Gasteiger partial charge on any atom is -0.338 e. The number of hydrogen-bond donors (Lipinski definition) is 1. The molecule has 26 heavy (non-hydrogen) atoms. The molecule has 3 rings (SSSR count). The van der Waals surface area contributed by atoms with Crippen molar-refractivity contribution >= 4 is 29.4 Å². The summed E-state index contributed by atoms with van der Waals surface area (Å²) in [7, 11) is 0. The highest BCUT2D eigenvalue weighted by Crippen LogP contribution is 2.22. The van der Waals surface area contributed by atoms with Crippen LogP contribution in [0.4, 0.5) is 10.5 Å². The number of piperazine rings is 1. The fourth-order valence-corrected chi connectivity index (χ4v) is 3.76. The van der Waals surface area contributed by atoms with Crippen LogP contribution in [0.1, 0.15) is 5.56 Å². The van der Waals surface area contributed by atoms with E-state index in [1.165, 1.54) is 5.56 Å². The van der Waals surface area contributed by atoms with Crippen LogP contribution in [0.25, 0.3) is 0 Å². The van der Waals surface area contributed by atoms with Crippen molar-refractivity contribution in [3.63, 3.8) is 0 Å². The smallest absolute Gasteiger partial charge is 0.321 e. The molecule has 2 aromatic carbocycles. The van der Waals surface area contributed by atoms with E-state index in [0.29, 0.717) is 31.9 Å². The quantitative estimate of drug-likeness (QED) is 0.840. The molecule has 0 radical (unpaired) electrons. The first kappa shape index (κ1) is 18.3. The molecule has 1 N–H and O–H groups in total. The number of anilines is 1. The number of urea groups is 1. The molecule has 0 spiro atoms. The zero-order valence-electron chi connectivity index (χ0n) is 14.9. The number of carbonyl (C=O) groups is 2. The topological polar surface area (TPSA) is 52.7 Å².